The third-order valence-electron chi connectivity index (χ3n) is 2.56. The van der Waals surface area contributed by atoms with Gasteiger partial charge in [-0.3, -0.25) is 4.79 Å². The number of nitrogens with zero attached hydrogens (tertiary/aromatic N) is 2. The Bertz CT molecular complexity index is 777. The van der Waals surface area contributed by atoms with E-state index in [-0.39, 0.29) is 11.1 Å². The fourth-order valence-corrected chi connectivity index (χ4v) is 1.98. The molecule has 3 aromatic rings. The molecule has 1 aromatic carbocycles. The van der Waals surface area contributed by atoms with Gasteiger partial charge in [0, 0.05) is 16.1 Å². The zero-order valence-corrected chi connectivity index (χ0v) is 12.6. The van der Waals surface area contributed by atoms with E-state index in [1.54, 1.807) is 0 Å². The summed E-state index contributed by atoms with van der Waals surface area (Å²) in [5.74, 6) is -0.0865. The van der Waals surface area contributed by atoms with Gasteiger partial charge in [0.05, 0.1) is 6.20 Å². The summed E-state index contributed by atoms with van der Waals surface area (Å²) in [7, 11) is 0. The van der Waals surface area contributed by atoms with Crippen molar-refractivity contribution in [3.05, 3.63) is 57.2 Å². The highest BCUT2D eigenvalue weighted by atomic mass is 79.9. The smallest absolute Gasteiger partial charge is 0.275 e. The van der Waals surface area contributed by atoms with E-state index in [1.807, 2.05) is 38.1 Å². The first-order valence-corrected chi connectivity index (χ1v) is 6.97. The maximum absolute atomic E-state index is 13.1. The number of H-pyrrole nitrogens is 1. The molecule has 4 nitrogen and oxygen atoms in total. The van der Waals surface area contributed by atoms with Crippen molar-refractivity contribution in [2.45, 2.75) is 13.8 Å². The Morgan fingerprint density at radius 1 is 1.25 bits per heavy atom. The van der Waals surface area contributed by atoms with Gasteiger partial charge in [0.25, 0.3) is 5.56 Å². The van der Waals surface area contributed by atoms with E-state index in [9.17, 15) is 9.18 Å². The first kappa shape index (κ1) is 14.5. The summed E-state index contributed by atoms with van der Waals surface area (Å²) in [6.07, 6.45) is 1.17. The Balaban J connectivity index is 0.000000704. The van der Waals surface area contributed by atoms with Crippen LogP contribution in [-0.2, 0) is 0 Å². The van der Waals surface area contributed by atoms with Crippen molar-refractivity contribution >= 4 is 21.4 Å². The standard InChI is InChI=1S/C12H7BrFN3O.C2H6/c13-8-3-1-7(2-4-8)11-15-12(18)10-5-9(14)6-17(10)16-11;1-2/h1-6H,(H,15,16,18);1-2H3. The summed E-state index contributed by atoms with van der Waals surface area (Å²) in [4.78, 5) is 14.4. The Labute approximate surface area is 123 Å². The molecule has 3 rings (SSSR count). The molecule has 0 amide bonds. The van der Waals surface area contributed by atoms with E-state index < -0.39 is 5.82 Å². The number of aromatic nitrogens is 3. The molecule has 0 aliphatic heterocycles. The second kappa shape index (κ2) is 6.00. The highest BCUT2D eigenvalue weighted by Gasteiger charge is 2.07. The summed E-state index contributed by atoms with van der Waals surface area (Å²) in [5, 5.41) is 4.16. The molecule has 20 heavy (non-hydrogen) atoms. The first-order chi connectivity index (χ1) is 9.63. The summed E-state index contributed by atoms with van der Waals surface area (Å²) >= 11 is 3.33. The number of benzene rings is 1. The van der Waals surface area contributed by atoms with E-state index in [4.69, 9.17) is 0 Å². The third kappa shape index (κ3) is 2.80. The zero-order chi connectivity index (χ0) is 14.7. The van der Waals surface area contributed by atoms with Gasteiger partial charge >= 0.3 is 0 Å². The molecule has 6 heteroatoms. The van der Waals surface area contributed by atoms with Crippen LogP contribution in [0.15, 0.2) is 45.8 Å². The van der Waals surface area contributed by atoms with Crippen LogP contribution in [0.25, 0.3) is 16.9 Å². The average molecular weight is 338 g/mol. The second-order valence-electron chi connectivity index (χ2n) is 3.80. The van der Waals surface area contributed by atoms with Crippen LogP contribution >= 0.6 is 15.9 Å². The van der Waals surface area contributed by atoms with Gasteiger partial charge in [-0.1, -0.05) is 41.9 Å². The van der Waals surface area contributed by atoms with Crippen LogP contribution < -0.4 is 5.56 Å². The monoisotopic (exact) mass is 337 g/mol. The minimum Gasteiger partial charge on any atom is -0.303 e. The first-order valence-electron chi connectivity index (χ1n) is 6.17. The SMILES string of the molecule is CC.O=c1[nH]c(-c2ccc(Br)cc2)nn2cc(F)cc12. The number of nitrogens with one attached hydrogen (secondary N) is 1. The average Bonchev–Trinajstić information content (AvgIpc) is 2.83. The lowest BCUT2D eigenvalue weighted by atomic mass is 10.2. The number of hydrogen-bond acceptors (Lipinski definition) is 2. The van der Waals surface area contributed by atoms with Crippen LogP contribution in [0.2, 0.25) is 0 Å². The van der Waals surface area contributed by atoms with Crippen LogP contribution in [0, 0.1) is 5.82 Å². The molecule has 0 unspecified atom stereocenters. The van der Waals surface area contributed by atoms with Crippen molar-refractivity contribution in [2.24, 2.45) is 0 Å². The van der Waals surface area contributed by atoms with E-state index in [2.05, 4.69) is 26.0 Å². The Hall–Kier alpha value is -1.95. The lowest BCUT2D eigenvalue weighted by Crippen LogP contribution is -2.12. The van der Waals surface area contributed by atoms with Crippen LogP contribution in [0.5, 0.6) is 0 Å². The van der Waals surface area contributed by atoms with Crippen LogP contribution in [0.3, 0.4) is 0 Å². The Kier molecular flexibility index (Phi) is 4.34. The highest BCUT2D eigenvalue weighted by molar-refractivity contribution is 9.10. The number of fused-ring (bicyclic) bond motifs is 1. The summed E-state index contributed by atoms with van der Waals surface area (Å²) in [6.45, 7) is 4.00. The van der Waals surface area contributed by atoms with E-state index >= 15 is 0 Å². The second-order valence-corrected chi connectivity index (χ2v) is 4.71. The van der Waals surface area contributed by atoms with Gasteiger partial charge in [-0.25, -0.2) is 8.91 Å². The number of hydrogen-bond donors (Lipinski definition) is 1. The summed E-state index contributed by atoms with van der Waals surface area (Å²) in [5.41, 5.74) is 0.575. The van der Waals surface area contributed by atoms with Gasteiger partial charge in [-0.05, 0) is 12.1 Å². The summed E-state index contributed by atoms with van der Waals surface area (Å²) in [6, 6.07) is 8.46. The molecule has 0 aliphatic carbocycles. The zero-order valence-electron chi connectivity index (χ0n) is 11.0. The molecule has 0 spiro atoms. The predicted molar refractivity (Wildman–Crippen MR) is 80.3 cm³/mol. The van der Waals surface area contributed by atoms with Crippen molar-refractivity contribution in [2.75, 3.05) is 0 Å². The molecule has 0 aliphatic rings. The number of rotatable bonds is 1. The maximum Gasteiger partial charge on any atom is 0.275 e. The molecule has 2 heterocycles. The van der Waals surface area contributed by atoms with E-state index in [0.29, 0.717) is 5.82 Å². The molecule has 0 bridgehead atoms. The van der Waals surface area contributed by atoms with Crippen molar-refractivity contribution in [3.8, 4) is 11.4 Å². The minimum atomic E-state index is -0.485. The molecule has 1 N–H and O–H groups in total. The number of aromatic amines is 1. The molecular weight excluding hydrogens is 325 g/mol. The molecule has 2 aromatic heterocycles. The van der Waals surface area contributed by atoms with Crippen LogP contribution in [0.1, 0.15) is 13.8 Å². The molecule has 0 radical (unpaired) electrons. The van der Waals surface area contributed by atoms with Gasteiger partial charge in [-0.15, -0.1) is 5.10 Å². The molecular formula is C14H13BrFN3O. The van der Waals surface area contributed by atoms with Gasteiger partial charge < -0.3 is 4.98 Å². The molecule has 0 atom stereocenters. The quantitative estimate of drug-likeness (QED) is 0.737. The Morgan fingerprint density at radius 2 is 1.90 bits per heavy atom. The summed E-state index contributed by atoms with van der Waals surface area (Å²) < 4.78 is 15.2. The van der Waals surface area contributed by atoms with Crippen molar-refractivity contribution in [1.29, 1.82) is 0 Å². The topological polar surface area (TPSA) is 50.2 Å². The van der Waals surface area contributed by atoms with Gasteiger partial charge in [0.1, 0.15) is 11.3 Å². The van der Waals surface area contributed by atoms with E-state index in [1.165, 1.54) is 10.7 Å². The van der Waals surface area contributed by atoms with Crippen LogP contribution in [0.4, 0.5) is 4.39 Å². The minimum absolute atomic E-state index is 0.188. The molecule has 0 saturated heterocycles. The lowest BCUT2D eigenvalue weighted by Gasteiger charge is -2.01. The molecule has 0 saturated carbocycles. The largest absolute Gasteiger partial charge is 0.303 e. The van der Waals surface area contributed by atoms with Gasteiger partial charge in [0.15, 0.2) is 5.82 Å². The maximum atomic E-state index is 13.1. The van der Waals surface area contributed by atoms with E-state index in [0.717, 1.165) is 16.1 Å². The van der Waals surface area contributed by atoms with Gasteiger partial charge in [0.2, 0.25) is 0 Å². The van der Waals surface area contributed by atoms with Crippen LogP contribution in [-0.4, -0.2) is 14.6 Å². The van der Waals surface area contributed by atoms with Crippen molar-refractivity contribution in [1.82, 2.24) is 14.6 Å². The normalized spacial score (nSPS) is 10.2. The predicted octanol–water partition coefficient (Wildman–Crippen LogP) is 3.62. The highest BCUT2D eigenvalue weighted by Crippen LogP contribution is 2.17. The molecule has 104 valence electrons. The van der Waals surface area contributed by atoms with Crippen molar-refractivity contribution < 1.29 is 4.39 Å². The fourth-order valence-electron chi connectivity index (χ4n) is 1.71. The Morgan fingerprint density at radius 3 is 2.55 bits per heavy atom. The third-order valence-corrected chi connectivity index (χ3v) is 3.09. The van der Waals surface area contributed by atoms with Gasteiger partial charge in [-0.2, -0.15) is 0 Å². The lowest BCUT2D eigenvalue weighted by molar-refractivity contribution is 0.625. The molecule has 0 fully saturated rings. The number of halogens is 2. The van der Waals surface area contributed by atoms with Crippen molar-refractivity contribution in [3.63, 3.8) is 0 Å². The fraction of sp³-hybridized carbons (Fsp3) is 0.143.